The molecule has 0 atom stereocenters. The summed E-state index contributed by atoms with van der Waals surface area (Å²) in [6.07, 6.45) is 1.86. The molecule has 214 valence electrons. The van der Waals surface area contributed by atoms with Gasteiger partial charge in [-0.3, -0.25) is 24.4 Å². The molecular formula is C30H33N5O5S. The van der Waals surface area contributed by atoms with Gasteiger partial charge in [0.1, 0.15) is 6.54 Å². The van der Waals surface area contributed by atoms with Crippen molar-refractivity contribution < 1.29 is 23.8 Å². The average molecular weight is 576 g/mol. The summed E-state index contributed by atoms with van der Waals surface area (Å²) in [6.45, 7) is 3.91. The zero-order valence-corrected chi connectivity index (χ0v) is 23.9. The van der Waals surface area contributed by atoms with E-state index in [0.29, 0.717) is 54.3 Å². The molecule has 2 aromatic carbocycles. The van der Waals surface area contributed by atoms with Crippen molar-refractivity contribution in [2.24, 2.45) is 0 Å². The van der Waals surface area contributed by atoms with Crippen molar-refractivity contribution >= 4 is 29.1 Å². The zero-order valence-electron chi connectivity index (χ0n) is 23.1. The third-order valence-electron chi connectivity index (χ3n) is 6.82. The van der Waals surface area contributed by atoms with Crippen LogP contribution in [0.2, 0.25) is 0 Å². The van der Waals surface area contributed by atoms with Gasteiger partial charge in [-0.2, -0.15) is 0 Å². The molecule has 1 fully saturated rings. The van der Waals surface area contributed by atoms with E-state index in [0.717, 1.165) is 24.3 Å². The van der Waals surface area contributed by atoms with E-state index in [1.807, 2.05) is 60.1 Å². The van der Waals surface area contributed by atoms with Crippen LogP contribution < -0.4 is 14.8 Å². The number of rotatable bonds is 11. The number of imidazole rings is 1. The van der Waals surface area contributed by atoms with Crippen molar-refractivity contribution in [1.82, 2.24) is 19.4 Å². The third kappa shape index (κ3) is 6.94. The predicted molar refractivity (Wildman–Crippen MR) is 158 cm³/mol. The Kier molecular flexibility index (Phi) is 9.29. The first-order valence-electron chi connectivity index (χ1n) is 13.4. The molecule has 0 saturated carbocycles. The number of carbonyl (C=O) groups is 2. The molecule has 0 spiro atoms. The van der Waals surface area contributed by atoms with Gasteiger partial charge in [-0.1, -0.05) is 36.4 Å². The maximum absolute atomic E-state index is 13.5. The molecule has 0 aliphatic carbocycles. The second-order valence-electron chi connectivity index (χ2n) is 9.43. The Morgan fingerprint density at radius 3 is 2.51 bits per heavy atom. The number of nitrogens with one attached hydrogen (secondary N) is 1. The normalized spacial score (nSPS) is 13.5. The highest BCUT2D eigenvalue weighted by Gasteiger charge is 2.23. The smallest absolute Gasteiger partial charge is 0.264 e. The number of benzene rings is 2. The van der Waals surface area contributed by atoms with Crippen LogP contribution >= 0.6 is 11.3 Å². The van der Waals surface area contributed by atoms with Crippen LogP contribution in [-0.2, 0) is 9.53 Å². The first kappa shape index (κ1) is 28.3. The number of ether oxygens (including phenoxy) is 3. The van der Waals surface area contributed by atoms with E-state index in [9.17, 15) is 9.59 Å². The number of hydrogen-bond donors (Lipinski definition) is 1. The number of aromatic nitrogens is 2. The van der Waals surface area contributed by atoms with Crippen LogP contribution in [0.1, 0.15) is 9.67 Å². The molecule has 3 heterocycles. The Morgan fingerprint density at radius 1 is 1.02 bits per heavy atom. The first-order valence-corrected chi connectivity index (χ1v) is 14.2. The van der Waals surface area contributed by atoms with Crippen molar-refractivity contribution in [2.45, 2.75) is 0 Å². The maximum atomic E-state index is 13.5. The van der Waals surface area contributed by atoms with Crippen LogP contribution in [0, 0.1) is 0 Å². The van der Waals surface area contributed by atoms with Gasteiger partial charge in [-0.25, -0.2) is 4.98 Å². The molecule has 11 heteroatoms. The summed E-state index contributed by atoms with van der Waals surface area (Å²) in [5.41, 5.74) is 2.32. The molecule has 0 bridgehead atoms. The Balaban J connectivity index is 1.40. The molecule has 5 rings (SSSR count). The largest absolute Gasteiger partial charge is 0.493 e. The monoisotopic (exact) mass is 575 g/mol. The van der Waals surface area contributed by atoms with E-state index in [1.165, 1.54) is 11.3 Å². The number of methoxy groups -OCH3 is 2. The Labute approximate surface area is 243 Å². The lowest BCUT2D eigenvalue weighted by molar-refractivity contribution is -0.117. The maximum Gasteiger partial charge on any atom is 0.264 e. The van der Waals surface area contributed by atoms with Crippen molar-refractivity contribution in [3.05, 3.63) is 77.1 Å². The van der Waals surface area contributed by atoms with Crippen LogP contribution in [0.25, 0.3) is 16.9 Å². The summed E-state index contributed by atoms with van der Waals surface area (Å²) in [4.78, 5) is 36.0. The van der Waals surface area contributed by atoms with Crippen molar-refractivity contribution in [2.75, 3.05) is 65.5 Å². The number of thiophene rings is 1. The van der Waals surface area contributed by atoms with Crippen molar-refractivity contribution in [1.29, 1.82) is 0 Å². The quantitative estimate of drug-likeness (QED) is 0.288. The minimum Gasteiger partial charge on any atom is -0.493 e. The first-order chi connectivity index (χ1) is 20.1. The highest BCUT2D eigenvalue weighted by Crippen LogP contribution is 2.31. The molecule has 2 amide bonds. The Bertz CT molecular complexity index is 1450. The van der Waals surface area contributed by atoms with Gasteiger partial charge in [0.05, 0.1) is 43.7 Å². The van der Waals surface area contributed by atoms with Crippen LogP contribution in [0.5, 0.6) is 11.5 Å². The number of carbonyl (C=O) groups excluding carboxylic acids is 2. The molecule has 1 saturated heterocycles. The molecule has 0 unspecified atom stereocenters. The number of hydrogen-bond acceptors (Lipinski definition) is 8. The van der Waals surface area contributed by atoms with Crippen molar-refractivity contribution in [3.8, 4) is 28.4 Å². The molecule has 0 radical (unpaired) electrons. The fraction of sp³-hybridized carbons (Fsp3) is 0.300. The number of morpholine rings is 1. The summed E-state index contributed by atoms with van der Waals surface area (Å²) >= 11 is 1.36. The lowest BCUT2D eigenvalue weighted by atomic mass is 10.2. The highest BCUT2D eigenvalue weighted by atomic mass is 32.1. The van der Waals surface area contributed by atoms with Crippen LogP contribution in [0.3, 0.4) is 0 Å². The summed E-state index contributed by atoms with van der Waals surface area (Å²) in [5.74, 6) is 0.958. The molecular weight excluding hydrogens is 542 g/mol. The zero-order chi connectivity index (χ0) is 28.6. The summed E-state index contributed by atoms with van der Waals surface area (Å²) in [5, 5.41) is 4.81. The molecule has 1 aliphatic heterocycles. The van der Waals surface area contributed by atoms with Crippen molar-refractivity contribution in [3.63, 3.8) is 0 Å². The minimum atomic E-state index is -0.344. The second-order valence-corrected chi connectivity index (χ2v) is 10.4. The van der Waals surface area contributed by atoms with Gasteiger partial charge in [-0.05, 0) is 23.6 Å². The summed E-state index contributed by atoms with van der Waals surface area (Å²) < 4.78 is 18.1. The van der Waals surface area contributed by atoms with E-state index < -0.39 is 0 Å². The number of amides is 2. The van der Waals surface area contributed by atoms with E-state index in [1.54, 1.807) is 35.8 Å². The van der Waals surface area contributed by atoms with E-state index >= 15 is 0 Å². The van der Waals surface area contributed by atoms with E-state index in [4.69, 9.17) is 19.2 Å². The van der Waals surface area contributed by atoms with Crippen LogP contribution in [-0.4, -0.2) is 91.3 Å². The van der Waals surface area contributed by atoms with E-state index in [-0.39, 0.29) is 18.4 Å². The molecule has 1 N–H and O–H groups in total. The minimum absolute atomic E-state index is 0.111. The topological polar surface area (TPSA) is 98.2 Å². The van der Waals surface area contributed by atoms with Gasteiger partial charge < -0.3 is 19.1 Å². The van der Waals surface area contributed by atoms with Crippen LogP contribution in [0.15, 0.2) is 72.2 Å². The number of nitrogens with zero attached hydrogens (tertiary/aromatic N) is 4. The third-order valence-corrected chi connectivity index (χ3v) is 7.67. The predicted octanol–water partition coefficient (Wildman–Crippen LogP) is 4.03. The second kappa shape index (κ2) is 13.4. The van der Waals surface area contributed by atoms with Gasteiger partial charge in [0.25, 0.3) is 5.91 Å². The molecule has 1 aliphatic rings. The molecule has 2 aromatic heterocycles. The fourth-order valence-corrected chi connectivity index (χ4v) is 5.31. The van der Waals surface area contributed by atoms with Gasteiger partial charge in [-0.15, -0.1) is 11.3 Å². The Morgan fingerprint density at radius 2 is 1.80 bits per heavy atom. The van der Waals surface area contributed by atoms with Gasteiger partial charge in [0.2, 0.25) is 11.9 Å². The fourth-order valence-electron chi connectivity index (χ4n) is 4.62. The number of anilines is 1. The lowest BCUT2D eigenvalue weighted by Crippen LogP contribution is -2.45. The van der Waals surface area contributed by atoms with Crippen LogP contribution in [0.4, 0.5) is 5.95 Å². The summed E-state index contributed by atoms with van der Waals surface area (Å²) in [6, 6.07) is 18.8. The average Bonchev–Trinajstić information content (AvgIpc) is 3.70. The van der Waals surface area contributed by atoms with Gasteiger partial charge >= 0.3 is 0 Å². The SMILES string of the molecule is COc1ccc(-n2cc(-c3ccccc3)nc2NC(=O)CN(CCN2CCOCC2)C(=O)c2cccs2)cc1OC. The van der Waals surface area contributed by atoms with E-state index in [2.05, 4.69) is 10.2 Å². The van der Waals surface area contributed by atoms with Gasteiger partial charge in [0, 0.05) is 44.0 Å². The Hall–Kier alpha value is -4.19. The standard InChI is InChI=1S/C30H33N5O5S/c1-38-25-11-10-23(19-26(25)39-2)35-20-24(22-7-4-3-5-8-22)31-30(35)32-28(36)21-34(29(37)27-9-6-18-41-27)13-12-33-14-16-40-17-15-33/h3-11,18-20H,12-17,21H2,1-2H3,(H,31,32,36). The lowest BCUT2D eigenvalue weighted by Gasteiger charge is -2.29. The molecule has 4 aromatic rings. The molecule has 10 nitrogen and oxygen atoms in total. The highest BCUT2D eigenvalue weighted by molar-refractivity contribution is 7.12. The van der Waals surface area contributed by atoms with Gasteiger partial charge in [0.15, 0.2) is 11.5 Å². The summed E-state index contributed by atoms with van der Waals surface area (Å²) in [7, 11) is 3.15. The molecule has 41 heavy (non-hydrogen) atoms.